The minimum atomic E-state index is -0.0960. The normalized spacial score (nSPS) is 20.7. The van der Waals surface area contributed by atoms with E-state index in [2.05, 4.69) is 109 Å². The van der Waals surface area contributed by atoms with Crippen LogP contribution in [0.3, 0.4) is 0 Å². The summed E-state index contributed by atoms with van der Waals surface area (Å²) < 4.78 is 0. The third-order valence-corrected chi connectivity index (χ3v) is 9.31. The highest BCUT2D eigenvalue weighted by Crippen LogP contribution is 2.39. The van der Waals surface area contributed by atoms with E-state index in [-0.39, 0.29) is 18.0 Å². The van der Waals surface area contributed by atoms with Crippen LogP contribution in [0.5, 0.6) is 0 Å². The van der Waals surface area contributed by atoms with Gasteiger partial charge < -0.3 is 5.32 Å². The summed E-state index contributed by atoms with van der Waals surface area (Å²) in [6.07, 6.45) is 22.0. The summed E-state index contributed by atoms with van der Waals surface area (Å²) in [5, 5.41) is 4.89. The number of benzene rings is 2. The molecule has 2 aliphatic carbocycles. The first-order chi connectivity index (χ1) is 22.8. The molecule has 3 aromatic heterocycles. The minimum absolute atomic E-state index is 0.0960. The smallest absolute Gasteiger partial charge is 0.103 e. The van der Waals surface area contributed by atoms with Crippen LogP contribution in [-0.4, -0.2) is 26.7 Å². The van der Waals surface area contributed by atoms with Crippen LogP contribution in [0.2, 0.25) is 0 Å². The van der Waals surface area contributed by atoms with Crippen molar-refractivity contribution >= 4 is 34.5 Å². The van der Waals surface area contributed by atoms with E-state index >= 15 is 0 Å². The molecular formula is C41H31N5. The molecule has 2 aromatic carbocycles. The number of anilines is 1. The molecule has 2 aliphatic heterocycles. The molecule has 0 spiro atoms. The van der Waals surface area contributed by atoms with Crippen molar-refractivity contribution < 1.29 is 0 Å². The van der Waals surface area contributed by atoms with Crippen molar-refractivity contribution in [1.29, 1.82) is 0 Å². The summed E-state index contributed by atoms with van der Waals surface area (Å²) in [5.74, 6) is 0.164. The van der Waals surface area contributed by atoms with E-state index in [0.717, 1.165) is 80.3 Å². The van der Waals surface area contributed by atoms with E-state index in [1.54, 1.807) is 0 Å². The molecule has 0 fully saturated rings. The van der Waals surface area contributed by atoms with Gasteiger partial charge in [-0.3, -0.25) is 4.99 Å². The summed E-state index contributed by atoms with van der Waals surface area (Å²) in [5.41, 5.74) is 12.2. The number of nitrogens with one attached hydrogen (secondary N) is 1. The lowest BCUT2D eigenvalue weighted by atomic mass is 9.85. The maximum Gasteiger partial charge on any atom is 0.103 e. The molecule has 5 heterocycles. The Morgan fingerprint density at radius 3 is 2.37 bits per heavy atom. The molecule has 0 radical (unpaired) electrons. The lowest BCUT2D eigenvalue weighted by Crippen LogP contribution is -2.23. The van der Waals surface area contributed by atoms with Crippen molar-refractivity contribution in [3.8, 4) is 22.6 Å². The first kappa shape index (κ1) is 26.7. The highest BCUT2D eigenvalue weighted by molar-refractivity contribution is 6.08. The van der Waals surface area contributed by atoms with Gasteiger partial charge in [0.25, 0.3) is 0 Å². The number of dihydropyridines is 1. The molecule has 0 bridgehead atoms. The third kappa shape index (κ3) is 4.72. The molecule has 4 aliphatic rings. The van der Waals surface area contributed by atoms with Crippen LogP contribution in [0.25, 0.3) is 45.7 Å². The Labute approximate surface area is 268 Å². The van der Waals surface area contributed by atoms with Crippen molar-refractivity contribution in [2.75, 3.05) is 5.32 Å². The number of rotatable bonds is 4. The van der Waals surface area contributed by atoms with Crippen molar-refractivity contribution in [2.45, 2.75) is 24.9 Å². The van der Waals surface area contributed by atoms with Crippen LogP contribution in [0.4, 0.5) is 5.69 Å². The second-order valence-electron chi connectivity index (χ2n) is 12.2. The minimum Gasteiger partial charge on any atom is -0.373 e. The standard InChI is InChI=1S/C41H31N5/c1-3-8-26(9-4-1)32-22-18-28-14-16-30-20-24-36(45-40(30)38(28)43-32)34-12-7-13-35(42-34)37-25-21-31-17-15-29-19-23-33(27-10-5-2-6-11-27)44-39(29)41(31)46-37/h1-5,7-10,12-25,30,33,40,44H,6,11H2. The van der Waals surface area contributed by atoms with Crippen LogP contribution in [0, 0.1) is 5.92 Å². The monoisotopic (exact) mass is 593 g/mol. The fraction of sp³-hybridized carbons (Fsp3) is 0.122. The molecule has 3 unspecified atom stereocenters. The molecule has 9 rings (SSSR count). The van der Waals surface area contributed by atoms with Gasteiger partial charge in [-0.2, -0.15) is 0 Å². The number of aliphatic imine (C=N–C) groups is 1. The molecule has 0 saturated heterocycles. The Balaban J connectivity index is 1.06. The SMILES string of the molecule is C1=CCCC(C2C=Cc3ccc4ccc(-c5cccc(C6=NC7c8nc(-c9ccccc9)ccc8C=CC7C=C6)n5)nc4c3N2)=C1. The van der Waals surface area contributed by atoms with Crippen molar-refractivity contribution in [3.63, 3.8) is 0 Å². The zero-order valence-corrected chi connectivity index (χ0v) is 25.2. The molecule has 3 atom stereocenters. The van der Waals surface area contributed by atoms with Crippen LogP contribution < -0.4 is 5.32 Å². The maximum absolute atomic E-state index is 5.25. The number of fused-ring (bicyclic) bond motifs is 6. The van der Waals surface area contributed by atoms with Gasteiger partial charge in [0.15, 0.2) is 0 Å². The van der Waals surface area contributed by atoms with Crippen molar-refractivity contribution in [1.82, 2.24) is 15.0 Å². The fourth-order valence-electron chi connectivity index (χ4n) is 6.86. The molecular weight excluding hydrogens is 562 g/mol. The molecule has 0 saturated carbocycles. The van der Waals surface area contributed by atoms with Gasteiger partial charge in [-0.15, -0.1) is 0 Å². The number of pyridine rings is 3. The summed E-state index contributed by atoms with van der Waals surface area (Å²) >= 11 is 0. The highest BCUT2D eigenvalue weighted by Gasteiger charge is 2.29. The molecule has 5 heteroatoms. The van der Waals surface area contributed by atoms with Crippen molar-refractivity contribution in [3.05, 3.63) is 156 Å². The summed E-state index contributed by atoms with van der Waals surface area (Å²) in [6, 6.07) is 29.3. The van der Waals surface area contributed by atoms with Gasteiger partial charge in [0.1, 0.15) is 6.04 Å². The number of hydrogen-bond acceptors (Lipinski definition) is 5. The van der Waals surface area contributed by atoms with E-state index in [1.807, 2.05) is 36.4 Å². The van der Waals surface area contributed by atoms with Crippen LogP contribution >= 0.6 is 0 Å². The zero-order chi connectivity index (χ0) is 30.5. The quantitative estimate of drug-likeness (QED) is 0.226. The van der Waals surface area contributed by atoms with Crippen LogP contribution in [0.1, 0.15) is 41.4 Å². The number of allylic oxidation sites excluding steroid dienone is 4. The van der Waals surface area contributed by atoms with Gasteiger partial charge in [0.2, 0.25) is 0 Å². The Kier molecular flexibility index (Phi) is 6.41. The fourth-order valence-corrected chi connectivity index (χ4v) is 6.86. The predicted molar refractivity (Wildman–Crippen MR) is 188 cm³/mol. The molecule has 5 nitrogen and oxygen atoms in total. The molecule has 220 valence electrons. The van der Waals surface area contributed by atoms with Gasteiger partial charge in [-0.1, -0.05) is 109 Å². The van der Waals surface area contributed by atoms with Crippen LogP contribution in [0.15, 0.2) is 138 Å². The predicted octanol–water partition coefficient (Wildman–Crippen LogP) is 9.19. The average Bonchev–Trinajstić information content (AvgIpc) is 3.14. The maximum atomic E-state index is 5.25. The van der Waals surface area contributed by atoms with Gasteiger partial charge in [0, 0.05) is 16.9 Å². The van der Waals surface area contributed by atoms with Gasteiger partial charge >= 0.3 is 0 Å². The second-order valence-corrected chi connectivity index (χ2v) is 12.2. The van der Waals surface area contributed by atoms with E-state index in [1.165, 1.54) is 5.57 Å². The number of aromatic nitrogens is 3. The van der Waals surface area contributed by atoms with Crippen molar-refractivity contribution in [2.24, 2.45) is 10.9 Å². The van der Waals surface area contributed by atoms with Gasteiger partial charge in [-0.25, -0.2) is 15.0 Å². The second kappa shape index (κ2) is 11.0. The Morgan fingerprint density at radius 2 is 1.46 bits per heavy atom. The first-order valence-electron chi connectivity index (χ1n) is 16.0. The summed E-state index contributed by atoms with van der Waals surface area (Å²) in [7, 11) is 0. The number of hydrogen-bond donors (Lipinski definition) is 1. The van der Waals surface area contributed by atoms with Gasteiger partial charge in [-0.05, 0) is 59.9 Å². The Hall–Kier alpha value is -5.68. The summed E-state index contributed by atoms with van der Waals surface area (Å²) in [4.78, 5) is 20.7. The van der Waals surface area contributed by atoms with Gasteiger partial charge in [0.05, 0.1) is 51.4 Å². The molecule has 0 amide bonds. The van der Waals surface area contributed by atoms with Crippen LogP contribution in [-0.2, 0) is 0 Å². The highest BCUT2D eigenvalue weighted by atomic mass is 15.0. The molecule has 5 aromatic rings. The average molecular weight is 594 g/mol. The van der Waals surface area contributed by atoms with E-state index in [4.69, 9.17) is 19.9 Å². The lowest BCUT2D eigenvalue weighted by Gasteiger charge is -2.27. The Bertz CT molecular complexity index is 2200. The largest absolute Gasteiger partial charge is 0.373 e. The van der Waals surface area contributed by atoms with E-state index < -0.39 is 0 Å². The van der Waals surface area contributed by atoms with E-state index in [9.17, 15) is 0 Å². The number of nitrogens with zero attached hydrogens (tertiary/aromatic N) is 4. The summed E-state index contributed by atoms with van der Waals surface area (Å²) in [6.45, 7) is 0. The molecule has 46 heavy (non-hydrogen) atoms. The zero-order valence-electron chi connectivity index (χ0n) is 25.2. The Morgan fingerprint density at radius 1 is 0.652 bits per heavy atom. The first-order valence-corrected chi connectivity index (χ1v) is 16.0. The van der Waals surface area contributed by atoms with E-state index in [0.29, 0.717) is 0 Å². The molecule has 1 N–H and O–H groups in total. The lowest BCUT2D eigenvalue weighted by molar-refractivity contribution is 0.592. The topological polar surface area (TPSA) is 63.1 Å². The third-order valence-electron chi connectivity index (χ3n) is 9.31.